The number of ketones is 1. The maximum Gasteiger partial charge on any atom is 0.180 e. The Morgan fingerprint density at radius 3 is 2.90 bits per heavy atom. The van der Waals surface area contributed by atoms with Crippen molar-refractivity contribution in [1.82, 2.24) is 5.32 Å². The summed E-state index contributed by atoms with van der Waals surface area (Å²) in [5, 5.41) is 20.4. The lowest BCUT2D eigenvalue weighted by molar-refractivity contribution is -0.132. The lowest BCUT2D eigenvalue weighted by Crippen LogP contribution is -2.51. The van der Waals surface area contributed by atoms with Crippen LogP contribution in [-0.2, 0) is 4.79 Å². The van der Waals surface area contributed by atoms with Crippen LogP contribution in [-0.4, -0.2) is 41.3 Å². The van der Waals surface area contributed by atoms with Crippen LogP contribution in [0.5, 0.6) is 0 Å². The van der Waals surface area contributed by atoms with E-state index in [2.05, 4.69) is 5.32 Å². The van der Waals surface area contributed by atoms with Crippen molar-refractivity contribution in [3.63, 3.8) is 0 Å². The molecule has 0 aromatic heterocycles. The van der Waals surface area contributed by atoms with E-state index in [1.54, 1.807) is 0 Å². The molecule has 0 aromatic rings. The third-order valence-corrected chi connectivity index (χ3v) is 1.66. The van der Waals surface area contributed by atoms with Gasteiger partial charge in [-0.15, -0.1) is 0 Å². The quantitative estimate of drug-likeness (QED) is 0.410. The fraction of sp³-hybridized carbons (Fsp3) is 0.833. The number of Topliss-reactive ketones (excluding diaryl/α,β-unsaturated/α-hetero) is 1. The van der Waals surface area contributed by atoms with Crippen LogP contribution in [0, 0.1) is 0 Å². The number of hydrogen-bond donors (Lipinski definition) is 3. The first-order chi connectivity index (χ1) is 4.75. The van der Waals surface area contributed by atoms with Crippen molar-refractivity contribution in [2.24, 2.45) is 0 Å². The Balaban J connectivity index is 2.51. The normalized spacial score (nSPS) is 34.4. The summed E-state index contributed by atoms with van der Waals surface area (Å²) >= 11 is 0. The number of rotatable bonds is 1. The zero-order valence-corrected chi connectivity index (χ0v) is 5.58. The smallest absolute Gasteiger partial charge is 0.180 e. The lowest BCUT2D eigenvalue weighted by atomic mass is 10.0. The summed E-state index contributed by atoms with van der Waals surface area (Å²) in [5.41, 5.74) is 0. The van der Waals surface area contributed by atoms with Gasteiger partial charge in [0.1, 0.15) is 6.10 Å². The predicted octanol–water partition coefficient (Wildman–Crippen LogP) is -1.73. The third kappa shape index (κ3) is 1.34. The molecule has 1 heterocycles. The van der Waals surface area contributed by atoms with Crippen molar-refractivity contribution in [2.45, 2.75) is 18.6 Å². The molecule has 3 N–H and O–H groups in total. The topological polar surface area (TPSA) is 69.6 Å². The van der Waals surface area contributed by atoms with E-state index in [4.69, 9.17) is 10.2 Å². The van der Waals surface area contributed by atoms with Crippen molar-refractivity contribution in [2.75, 3.05) is 13.2 Å². The third-order valence-electron chi connectivity index (χ3n) is 1.66. The molecule has 1 rings (SSSR count). The minimum atomic E-state index is -0.876. The molecule has 2 atom stereocenters. The summed E-state index contributed by atoms with van der Waals surface area (Å²) in [6.07, 6.45) is -0.423. The second-order valence-electron chi connectivity index (χ2n) is 2.40. The molecule has 1 fully saturated rings. The first-order valence-corrected chi connectivity index (χ1v) is 3.31. The average molecular weight is 145 g/mol. The zero-order chi connectivity index (χ0) is 7.56. The fourth-order valence-electron chi connectivity index (χ4n) is 1.02. The molecule has 1 saturated heterocycles. The van der Waals surface area contributed by atoms with Crippen LogP contribution >= 0.6 is 0 Å². The maximum absolute atomic E-state index is 10.9. The van der Waals surface area contributed by atoms with E-state index in [9.17, 15) is 4.79 Å². The second-order valence-corrected chi connectivity index (χ2v) is 2.40. The minimum absolute atomic E-state index is 0.226. The van der Waals surface area contributed by atoms with Crippen LogP contribution in [0.15, 0.2) is 0 Å². The van der Waals surface area contributed by atoms with Gasteiger partial charge in [-0.05, 0) is 13.0 Å². The Morgan fingerprint density at radius 1 is 1.70 bits per heavy atom. The lowest BCUT2D eigenvalue weighted by Gasteiger charge is -2.23. The van der Waals surface area contributed by atoms with Crippen LogP contribution in [0.2, 0.25) is 0 Å². The Labute approximate surface area is 58.9 Å². The Hall–Kier alpha value is -0.450. The summed E-state index contributed by atoms with van der Waals surface area (Å²) < 4.78 is 0. The largest absolute Gasteiger partial charge is 0.394 e. The summed E-state index contributed by atoms with van der Waals surface area (Å²) in [4.78, 5) is 10.9. The van der Waals surface area contributed by atoms with Gasteiger partial charge in [0, 0.05) is 0 Å². The van der Waals surface area contributed by atoms with E-state index >= 15 is 0 Å². The van der Waals surface area contributed by atoms with Gasteiger partial charge >= 0.3 is 0 Å². The first-order valence-electron chi connectivity index (χ1n) is 3.31. The molecule has 0 bridgehead atoms. The van der Waals surface area contributed by atoms with E-state index < -0.39 is 12.1 Å². The van der Waals surface area contributed by atoms with Gasteiger partial charge in [-0.1, -0.05) is 0 Å². The molecule has 0 amide bonds. The number of aliphatic hydroxyl groups excluding tert-OH is 2. The predicted molar refractivity (Wildman–Crippen MR) is 34.5 cm³/mol. The molecular formula is C6H11NO3. The van der Waals surface area contributed by atoms with Crippen molar-refractivity contribution in [1.29, 1.82) is 0 Å². The average Bonchev–Trinajstić information content (AvgIpc) is 1.95. The first kappa shape index (κ1) is 7.65. The molecule has 0 spiro atoms. The molecular weight excluding hydrogens is 134 g/mol. The molecule has 4 heteroatoms. The molecule has 1 aliphatic rings. The summed E-state index contributed by atoms with van der Waals surface area (Å²) in [7, 11) is 0. The van der Waals surface area contributed by atoms with Crippen molar-refractivity contribution in [3.05, 3.63) is 0 Å². The van der Waals surface area contributed by atoms with Crippen molar-refractivity contribution >= 4 is 5.78 Å². The molecule has 10 heavy (non-hydrogen) atoms. The molecule has 0 saturated carbocycles. The van der Waals surface area contributed by atoms with Gasteiger partial charge in [-0.25, -0.2) is 0 Å². The zero-order valence-electron chi connectivity index (χ0n) is 5.58. The van der Waals surface area contributed by atoms with Crippen LogP contribution in [0.1, 0.15) is 6.42 Å². The molecule has 1 aliphatic heterocycles. The summed E-state index contributed by atoms with van der Waals surface area (Å²) in [5.74, 6) is -0.297. The van der Waals surface area contributed by atoms with E-state index in [-0.39, 0.29) is 12.4 Å². The van der Waals surface area contributed by atoms with Crippen LogP contribution in [0.3, 0.4) is 0 Å². The Morgan fingerprint density at radius 2 is 2.40 bits per heavy atom. The number of carbonyl (C=O) groups is 1. The molecule has 0 aliphatic carbocycles. The SMILES string of the molecule is O=C1[C@H](O)CCN[C@@H]1CO. The van der Waals surface area contributed by atoms with Gasteiger partial charge in [0.25, 0.3) is 0 Å². The Kier molecular flexibility index (Phi) is 2.37. The number of hydrogen-bond acceptors (Lipinski definition) is 4. The number of piperidine rings is 1. The second kappa shape index (κ2) is 3.09. The number of nitrogens with one attached hydrogen (secondary N) is 1. The van der Waals surface area contributed by atoms with Crippen LogP contribution in [0.25, 0.3) is 0 Å². The Bertz CT molecular complexity index is 137. The highest BCUT2D eigenvalue weighted by atomic mass is 16.3. The summed E-state index contributed by atoms with van der Waals surface area (Å²) in [6.45, 7) is 0.369. The molecule has 4 nitrogen and oxygen atoms in total. The molecule has 58 valence electrons. The highest BCUT2D eigenvalue weighted by molar-refractivity contribution is 5.88. The fourth-order valence-corrected chi connectivity index (χ4v) is 1.02. The van der Waals surface area contributed by atoms with Crippen molar-refractivity contribution in [3.8, 4) is 0 Å². The number of carbonyl (C=O) groups excluding carboxylic acids is 1. The van der Waals surface area contributed by atoms with E-state index in [0.717, 1.165) is 0 Å². The number of aliphatic hydroxyl groups is 2. The van der Waals surface area contributed by atoms with E-state index in [1.165, 1.54) is 0 Å². The van der Waals surface area contributed by atoms with Gasteiger partial charge in [0.2, 0.25) is 0 Å². The van der Waals surface area contributed by atoms with Crippen LogP contribution in [0.4, 0.5) is 0 Å². The molecule has 0 radical (unpaired) electrons. The van der Waals surface area contributed by atoms with Gasteiger partial charge in [0.05, 0.1) is 12.6 Å². The van der Waals surface area contributed by atoms with Crippen molar-refractivity contribution < 1.29 is 15.0 Å². The monoisotopic (exact) mass is 145 g/mol. The van der Waals surface area contributed by atoms with E-state index in [0.29, 0.717) is 13.0 Å². The standard InChI is InChI=1S/C6H11NO3/c8-3-4-6(10)5(9)1-2-7-4/h4-5,7-9H,1-3H2/t4-,5-/m1/s1. The molecule has 0 aromatic carbocycles. The summed E-state index contributed by atoms with van der Waals surface area (Å²) in [6, 6.07) is -0.552. The maximum atomic E-state index is 10.9. The highest BCUT2D eigenvalue weighted by Gasteiger charge is 2.28. The highest BCUT2D eigenvalue weighted by Crippen LogP contribution is 2.02. The van der Waals surface area contributed by atoms with Gasteiger partial charge in [-0.3, -0.25) is 4.79 Å². The minimum Gasteiger partial charge on any atom is -0.394 e. The van der Waals surface area contributed by atoms with Gasteiger partial charge in [0.15, 0.2) is 5.78 Å². The van der Waals surface area contributed by atoms with Gasteiger partial charge < -0.3 is 15.5 Å². The molecule has 0 unspecified atom stereocenters. The van der Waals surface area contributed by atoms with Crippen LogP contribution < -0.4 is 5.32 Å². The van der Waals surface area contributed by atoms with Gasteiger partial charge in [-0.2, -0.15) is 0 Å². The van der Waals surface area contributed by atoms with E-state index in [1.807, 2.05) is 0 Å².